The van der Waals surface area contributed by atoms with Gasteiger partial charge < -0.3 is 14.8 Å². The van der Waals surface area contributed by atoms with Crippen LogP contribution in [0.1, 0.15) is 18.1 Å². The Morgan fingerprint density at radius 1 is 1.00 bits per heavy atom. The first-order valence-corrected chi connectivity index (χ1v) is 7.44. The largest absolute Gasteiger partial charge is 0.493 e. The predicted octanol–water partition coefficient (Wildman–Crippen LogP) is 3.42. The molecule has 3 nitrogen and oxygen atoms in total. The fourth-order valence-corrected chi connectivity index (χ4v) is 2.87. The van der Waals surface area contributed by atoms with Crippen LogP contribution in [0.25, 0.3) is 0 Å². The summed E-state index contributed by atoms with van der Waals surface area (Å²) >= 11 is 0. The lowest BCUT2D eigenvalue weighted by Crippen LogP contribution is -2.21. The molecule has 1 N–H and O–H groups in total. The summed E-state index contributed by atoms with van der Waals surface area (Å²) < 4.78 is 11.7. The molecule has 0 unspecified atom stereocenters. The van der Waals surface area contributed by atoms with Gasteiger partial charge in [-0.25, -0.2) is 0 Å². The molecule has 1 heterocycles. The highest BCUT2D eigenvalue weighted by molar-refractivity contribution is 5.40. The van der Waals surface area contributed by atoms with E-state index >= 15 is 0 Å². The molecular weight excluding hydrogens is 262 g/mol. The average Bonchev–Trinajstić information content (AvgIpc) is 3.08. The maximum absolute atomic E-state index is 6.34. The Morgan fingerprint density at radius 3 is 2.38 bits per heavy atom. The molecule has 0 aromatic heterocycles. The van der Waals surface area contributed by atoms with E-state index in [9.17, 15) is 0 Å². The van der Waals surface area contributed by atoms with Crippen LogP contribution in [0.4, 0.5) is 0 Å². The minimum absolute atomic E-state index is 0.0532. The van der Waals surface area contributed by atoms with Gasteiger partial charge in [-0.1, -0.05) is 42.5 Å². The van der Waals surface area contributed by atoms with Crippen molar-refractivity contribution in [2.75, 3.05) is 20.2 Å². The van der Waals surface area contributed by atoms with Crippen molar-refractivity contribution in [2.24, 2.45) is 5.92 Å². The molecule has 1 aliphatic heterocycles. The third kappa shape index (κ3) is 3.19. The highest BCUT2D eigenvalue weighted by atomic mass is 16.5. The van der Waals surface area contributed by atoms with Gasteiger partial charge in [0.05, 0.1) is 7.11 Å². The number of para-hydroxylation sites is 2. The molecule has 21 heavy (non-hydrogen) atoms. The molecule has 1 aliphatic rings. The van der Waals surface area contributed by atoms with Crippen molar-refractivity contribution in [3.8, 4) is 11.5 Å². The molecule has 0 bridgehead atoms. The van der Waals surface area contributed by atoms with Crippen LogP contribution in [0.15, 0.2) is 54.6 Å². The first-order valence-electron chi connectivity index (χ1n) is 7.44. The van der Waals surface area contributed by atoms with E-state index in [0.717, 1.165) is 31.0 Å². The molecule has 0 saturated carbocycles. The summed E-state index contributed by atoms with van der Waals surface area (Å²) in [6.45, 7) is 2.05. The van der Waals surface area contributed by atoms with Gasteiger partial charge in [0.1, 0.15) is 6.10 Å². The molecule has 2 atom stereocenters. The number of hydrogen-bond acceptors (Lipinski definition) is 3. The Hall–Kier alpha value is -2.00. The van der Waals surface area contributed by atoms with Gasteiger partial charge >= 0.3 is 0 Å². The smallest absolute Gasteiger partial charge is 0.162 e. The summed E-state index contributed by atoms with van der Waals surface area (Å²) in [6.07, 6.45) is 1.19. The number of methoxy groups -OCH3 is 1. The van der Waals surface area contributed by atoms with Crippen LogP contribution in [0, 0.1) is 5.92 Å². The Bertz CT molecular complexity index is 564. The molecule has 3 heteroatoms. The number of ether oxygens (including phenoxy) is 2. The van der Waals surface area contributed by atoms with Gasteiger partial charge in [-0.2, -0.15) is 0 Å². The van der Waals surface area contributed by atoms with E-state index in [-0.39, 0.29) is 6.10 Å². The Kier molecular flexibility index (Phi) is 4.41. The van der Waals surface area contributed by atoms with E-state index in [2.05, 4.69) is 29.6 Å². The highest BCUT2D eigenvalue weighted by Crippen LogP contribution is 2.35. The van der Waals surface area contributed by atoms with Crippen molar-refractivity contribution in [2.45, 2.75) is 12.5 Å². The Balaban J connectivity index is 1.88. The summed E-state index contributed by atoms with van der Waals surface area (Å²) in [5.41, 5.74) is 1.22. The molecule has 2 aromatic rings. The lowest BCUT2D eigenvalue weighted by atomic mass is 9.95. The predicted molar refractivity (Wildman–Crippen MR) is 83.8 cm³/mol. The van der Waals surface area contributed by atoms with Crippen molar-refractivity contribution in [1.29, 1.82) is 0 Å². The molecule has 0 amide bonds. The van der Waals surface area contributed by atoms with E-state index in [1.165, 1.54) is 5.56 Å². The van der Waals surface area contributed by atoms with Crippen molar-refractivity contribution >= 4 is 0 Å². The molecule has 110 valence electrons. The van der Waals surface area contributed by atoms with Gasteiger partial charge in [-0.15, -0.1) is 0 Å². The minimum atomic E-state index is 0.0532. The lowest BCUT2D eigenvalue weighted by molar-refractivity contribution is 0.139. The van der Waals surface area contributed by atoms with Crippen molar-refractivity contribution < 1.29 is 9.47 Å². The van der Waals surface area contributed by atoms with E-state index < -0.39 is 0 Å². The number of hydrogen-bond donors (Lipinski definition) is 1. The maximum atomic E-state index is 6.34. The first-order chi connectivity index (χ1) is 10.4. The molecule has 1 fully saturated rings. The second kappa shape index (κ2) is 6.64. The fraction of sp³-hybridized carbons (Fsp3) is 0.333. The van der Waals surface area contributed by atoms with Gasteiger partial charge in [-0.3, -0.25) is 0 Å². The topological polar surface area (TPSA) is 30.5 Å². The van der Waals surface area contributed by atoms with Crippen molar-refractivity contribution in [3.05, 3.63) is 60.2 Å². The zero-order valence-corrected chi connectivity index (χ0v) is 12.3. The molecule has 0 aliphatic carbocycles. The molecule has 1 saturated heterocycles. The van der Waals surface area contributed by atoms with E-state index in [0.29, 0.717) is 5.92 Å². The van der Waals surface area contributed by atoms with Crippen molar-refractivity contribution in [3.63, 3.8) is 0 Å². The first kappa shape index (κ1) is 14.0. The third-order valence-electron chi connectivity index (χ3n) is 3.98. The molecule has 3 rings (SSSR count). The lowest BCUT2D eigenvalue weighted by Gasteiger charge is -2.25. The Morgan fingerprint density at radius 2 is 1.71 bits per heavy atom. The van der Waals surface area contributed by atoms with Crippen molar-refractivity contribution in [1.82, 2.24) is 5.32 Å². The molecule has 2 aromatic carbocycles. The fourth-order valence-electron chi connectivity index (χ4n) is 2.87. The van der Waals surface area contributed by atoms with Crippen LogP contribution in [0.5, 0.6) is 11.5 Å². The molecular formula is C18H21NO2. The third-order valence-corrected chi connectivity index (χ3v) is 3.98. The van der Waals surface area contributed by atoms with Gasteiger partial charge in [-0.05, 0) is 30.7 Å². The summed E-state index contributed by atoms with van der Waals surface area (Å²) in [5, 5.41) is 3.43. The number of benzene rings is 2. The molecule has 0 radical (unpaired) electrons. The molecule has 0 spiro atoms. The zero-order chi connectivity index (χ0) is 14.5. The van der Waals surface area contributed by atoms with Gasteiger partial charge in [0, 0.05) is 12.5 Å². The monoisotopic (exact) mass is 283 g/mol. The summed E-state index contributed by atoms with van der Waals surface area (Å²) in [6, 6.07) is 18.3. The number of nitrogens with one attached hydrogen (secondary N) is 1. The average molecular weight is 283 g/mol. The van der Waals surface area contributed by atoms with Gasteiger partial charge in [0.15, 0.2) is 11.5 Å². The zero-order valence-electron chi connectivity index (χ0n) is 12.3. The highest BCUT2D eigenvalue weighted by Gasteiger charge is 2.28. The summed E-state index contributed by atoms with van der Waals surface area (Å²) in [4.78, 5) is 0. The van der Waals surface area contributed by atoms with E-state index in [4.69, 9.17) is 9.47 Å². The minimum Gasteiger partial charge on any atom is -0.493 e. The normalized spacial score (nSPS) is 19.2. The standard InChI is InChI=1S/C18H21NO2/c1-20-16-9-5-6-10-17(16)21-18(15-11-12-19-13-15)14-7-3-2-4-8-14/h2-10,15,18-19H,11-13H2,1H3/t15-,18+/m1/s1. The van der Waals surface area contributed by atoms with Gasteiger partial charge in [0.25, 0.3) is 0 Å². The second-order valence-corrected chi connectivity index (χ2v) is 5.35. The summed E-state index contributed by atoms with van der Waals surface area (Å²) in [7, 11) is 1.68. The second-order valence-electron chi connectivity index (χ2n) is 5.35. The summed E-state index contributed by atoms with van der Waals surface area (Å²) in [5.74, 6) is 2.07. The van der Waals surface area contributed by atoms with E-state index in [1.807, 2.05) is 30.3 Å². The number of rotatable bonds is 5. The van der Waals surface area contributed by atoms with Crippen LogP contribution in [-0.2, 0) is 0 Å². The van der Waals surface area contributed by atoms with E-state index in [1.54, 1.807) is 7.11 Å². The SMILES string of the molecule is COc1ccccc1O[C@@H](c1ccccc1)[C@@H]1CCNC1. The van der Waals surface area contributed by atoms with Crippen LogP contribution < -0.4 is 14.8 Å². The maximum Gasteiger partial charge on any atom is 0.162 e. The van der Waals surface area contributed by atoms with Gasteiger partial charge in [0.2, 0.25) is 0 Å². The van der Waals surface area contributed by atoms with Crippen LogP contribution >= 0.6 is 0 Å². The van der Waals surface area contributed by atoms with Crippen LogP contribution in [0.3, 0.4) is 0 Å². The Labute approximate surface area is 125 Å². The van der Waals surface area contributed by atoms with Crippen LogP contribution in [-0.4, -0.2) is 20.2 Å². The quantitative estimate of drug-likeness (QED) is 0.912. The van der Waals surface area contributed by atoms with Crippen LogP contribution in [0.2, 0.25) is 0 Å².